The van der Waals surface area contributed by atoms with Crippen molar-refractivity contribution in [2.45, 2.75) is 65.3 Å². The van der Waals surface area contributed by atoms with Crippen LogP contribution in [0.15, 0.2) is 0 Å². The Bertz CT molecular complexity index is 254. The van der Waals surface area contributed by atoms with E-state index in [1.807, 2.05) is 0 Å². The van der Waals surface area contributed by atoms with Crippen LogP contribution in [-0.2, 0) is 0 Å². The van der Waals surface area contributed by atoms with Crippen LogP contribution in [0.1, 0.15) is 59.3 Å². The second-order valence-corrected chi connectivity index (χ2v) is 7.56. The molecule has 2 aliphatic rings. The summed E-state index contributed by atoms with van der Waals surface area (Å²) in [5.41, 5.74) is 6.61. The molecule has 0 radical (unpaired) electrons. The number of rotatable bonds is 3. The second kappa shape index (κ2) is 5.92. The summed E-state index contributed by atoms with van der Waals surface area (Å²) in [6.07, 6.45) is 8.37. The van der Waals surface area contributed by atoms with Gasteiger partial charge in [-0.3, -0.25) is 4.90 Å². The summed E-state index contributed by atoms with van der Waals surface area (Å²) in [4.78, 5) is 2.71. The van der Waals surface area contributed by atoms with E-state index < -0.39 is 0 Å². The summed E-state index contributed by atoms with van der Waals surface area (Å²) < 4.78 is 0. The Balaban J connectivity index is 1.95. The third-order valence-corrected chi connectivity index (χ3v) is 5.25. The van der Waals surface area contributed by atoms with Gasteiger partial charge in [-0.25, -0.2) is 0 Å². The van der Waals surface area contributed by atoms with E-state index in [0.717, 1.165) is 18.4 Å². The van der Waals surface area contributed by atoms with Crippen LogP contribution in [0, 0.1) is 17.3 Å². The van der Waals surface area contributed by atoms with E-state index in [1.165, 1.54) is 51.6 Å². The molecule has 0 amide bonds. The van der Waals surface area contributed by atoms with E-state index in [1.54, 1.807) is 0 Å². The first-order chi connectivity index (χ1) is 8.52. The van der Waals surface area contributed by atoms with Gasteiger partial charge in [0.15, 0.2) is 0 Å². The summed E-state index contributed by atoms with van der Waals surface area (Å²) in [5.74, 6) is 1.80. The molecule has 2 nitrogen and oxygen atoms in total. The maximum atomic E-state index is 6.12. The molecule has 1 atom stereocenters. The van der Waals surface area contributed by atoms with Crippen molar-refractivity contribution in [1.82, 2.24) is 4.90 Å². The van der Waals surface area contributed by atoms with Crippen molar-refractivity contribution in [2.75, 3.05) is 19.6 Å². The predicted octanol–water partition coefficient (Wildman–Crippen LogP) is 3.26. The van der Waals surface area contributed by atoms with Crippen molar-refractivity contribution in [3.8, 4) is 0 Å². The molecule has 1 unspecified atom stereocenters. The van der Waals surface area contributed by atoms with Gasteiger partial charge in [0.05, 0.1) is 0 Å². The van der Waals surface area contributed by atoms with Crippen LogP contribution >= 0.6 is 0 Å². The summed E-state index contributed by atoms with van der Waals surface area (Å²) in [6.45, 7) is 10.6. The van der Waals surface area contributed by atoms with Crippen LogP contribution in [0.3, 0.4) is 0 Å². The Hall–Kier alpha value is -0.0800. The maximum Gasteiger partial charge on any atom is 0.0246 e. The van der Waals surface area contributed by atoms with Crippen molar-refractivity contribution in [3.63, 3.8) is 0 Å². The minimum Gasteiger partial charge on any atom is -0.329 e. The molecule has 0 bridgehead atoms. The molecule has 18 heavy (non-hydrogen) atoms. The molecule has 2 fully saturated rings. The molecule has 0 aromatic heterocycles. The molecule has 0 spiro atoms. The summed E-state index contributed by atoms with van der Waals surface area (Å²) in [5, 5.41) is 0. The highest BCUT2D eigenvalue weighted by Gasteiger charge is 2.34. The minimum atomic E-state index is 0.494. The van der Waals surface area contributed by atoms with Crippen LogP contribution < -0.4 is 5.73 Å². The molecule has 106 valence electrons. The molecule has 0 aromatic rings. The monoisotopic (exact) mass is 252 g/mol. The van der Waals surface area contributed by atoms with Crippen LogP contribution in [0.2, 0.25) is 0 Å². The van der Waals surface area contributed by atoms with Crippen LogP contribution in [0.25, 0.3) is 0 Å². The number of likely N-dealkylation sites (tertiary alicyclic amines) is 1. The predicted molar refractivity (Wildman–Crippen MR) is 78.6 cm³/mol. The van der Waals surface area contributed by atoms with E-state index in [0.29, 0.717) is 11.5 Å². The SMILES string of the molecule is CC1CCC(C(CN)N2CCCC(C)(C)C2)CC1. The zero-order valence-corrected chi connectivity index (χ0v) is 12.6. The largest absolute Gasteiger partial charge is 0.329 e. The van der Waals surface area contributed by atoms with Gasteiger partial charge in [-0.15, -0.1) is 0 Å². The van der Waals surface area contributed by atoms with Gasteiger partial charge < -0.3 is 5.73 Å². The Morgan fingerprint density at radius 3 is 2.44 bits per heavy atom. The lowest BCUT2D eigenvalue weighted by atomic mass is 9.77. The fourth-order valence-electron chi connectivity index (χ4n) is 4.06. The number of hydrogen-bond acceptors (Lipinski definition) is 2. The Kier molecular flexibility index (Phi) is 4.71. The van der Waals surface area contributed by atoms with Gasteiger partial charge in [-0.05, 0) is 49.5 Å². The molecular formula is C16H32N2. The lowest BCUT2D eigenvalue weighted by Crippen LogP contribution is -2.52. The molecule has 2 heteroatoms. The van der Waals surface area contributed by atoms with Gasteiger partial charge in [0, 0.05) is 19.1 Å². The number of nitrogens with zero attached hydrogens (tertiary/aromatic N) is 1. The average Bonchev–Trinajstić information content (AvgIpc) is 2.31. The lowest BCUT2D eigenvalue weighted by Gasteiger charge is -2.45. The molecule has 1 aliphatic carbocycles. The molecule has 0 aromatic carbocycles. The first-order valence-electron chi connectivity index (χ1n) is 7.96. The fourth-order valence-corrected chi connectivity index (χ4v) is 4.06. The van der Waals surface area contributed by atoms with Crippen molar-refractivity contribution in [2.24, 2.45) is 23.0 Å². The molecular weight excluding hydrogens is 220 g/mol. The van der Waals surface area contributed by atoms with Crippen molar-refractivity contribution in [1.29, 1.82) is 0 Å². The van der Waals surface area contributed by atoms with E-state index in [4.69, 9.17) is 5.73 Å². The summed E-state index contributed by atoms with van der Waals surface area (Å²) >= 11 is 0. The van der Waals surface area contributed by atoms with Crippen LogP contribution in [-0.4, -0.2) is 30.6 Å². The molecule has 1 heterocycles. The van der Waals surface area contributed by atoms with Gasteiger partial charge in [0.2, 0.25) is 0 Å². The smallest absolute Gasteiger partial charge is 0.0246 e. The summed E-state index contributed by atoms with van der Waals surface area (Å²) in [6, 6.07) is 0.650. The standard InChI is InChI=1S/C16H32N2/c1-13-5-7-14(8-6-13)15(11-17)18-10-4-9-16(2,3)12-18/h13-15H,4-12,17H2,1-3H3. The first kappa shape index (κ1) is 14.3. The van der Waals surface area contributed by atoms with Crippen molar-refractivity contribution >= 4 is 0 Å². The summed E-state index contributed by atoms with van der Waals surface area (Å²) in [7, 11) is 0. The van der Waals surface area contributed by atoms with Gasteiger partial charge >= 0.3 is 0 Å². The minimum absolute atomic E-state index is 0.494. The third kappa shape index (κ3) is 3.48. The molecule has 2 N–H and O–H groups in total. The molecule has 1 aliphatic heterocycles. The Morgan fingerprint density at radius 1 is 1.22 bits per heavy atom. The zero-order chi connectivity index (χ0) is 13.2. The topological polar surface area (TPSA) is 29.3 Å². The van der Waals surface area contributed by atoms with E-state index in [9.17, 15) is 0 Å². The molecule has 1 saturated carbocycles. The average molecular weight is 252 g/mol. The van der Waals surface area contributed by atoms with Crippen LogP contribution in [0.4, 0.5) is 0 Å². The first-order valence-corrected chi connectivity index (χ1v) is 7.96. The molecule has 2 rings (SSSR count). The van der Waals surface area contributed by atoms with Gasteiger partial charge in [0.25, 0.3) is 0 Å². The van der Waals surface area contributed by atoms with Crippen LogP contribution in [0.5, 0.6) is 0 Å². The van der Waals surface area contributed by atoms with E-state index in [-0.39, 0.29) is 0 Å². The second-order valence-electron chi connectivity index (χ2n) is 7.56. The van der Waals surface area contributed by atoms with E-state index in [2.05, 4.69) is 25.7 Å². The third-order valence-electron chi connectivity index (χ3n) is 5.25. The highest BCUT2D eigenvalue weighted by Crippen LogP contribution is 2.35. The zero-order valence-electron chi connectivity index (χ0n) is 12.6. The van der Waals surface area contributed by atoms with Crippen molar-refractivity contribution in [3.05, 3.63) is 0 Å². The number of hydrogen-bond donors (Lipinski definition) is 1. The maximum absolute atomic E-state index is 6.12. The quantitative estimate of drug-likeness (QED) is 0.835. The van der Waals surface area contributed by atoms with Crippen molar-refractivity contribution < 1.29 is 0 Å². The normalized spacial score (nSPS) is 35.3. The van der Waals surface area contributed by atoms with Gasteiger partial charge in [0.1, 0.15) is 0 Å². The van der Waals surface area contributed by atoms with Gasteiger partial charge in [-0.1, -0.05) is 33.6 Å². The Labute approximate surface area is 113 Å². The number of piperidine rings is 1. The highest BCUT2D eigenvalue weighted by atomic mass is 15.2. The Morgan fingerprint density at radius 2 is 1.89 bits per heavy atom. The fraction of sp³-hybridized carbons (Fsp3) is 1.00. The molecule has 1 saturated heterocycles. The van der Waals surface area contributed by atoms with Gasteiger partial charge in [-0.2, -0.15) is 0 Å². The van der Waals surface area contributed by atoms with E-state index >= 15 is 0 Å². The highest BCUT2D eigenvalue weighted by molar-refractivity contribution is 4.89. The lowest BCUT2D eigenvalue weighted by molar-refractivity contribution is 0.0418. The number of nitrogens with two attached hydrogens (primary N) is 1.